The smallest absolute Gasteiger partial charge is 0.0253 e. The molecule has 4 aliphatic heterocycles. The van der Waals surface area contributed by atoms with Gasteiger partial charge in [0.2, 0.25) is 0 Å². The van der Waals surface area contributed by atoms with Crippen molar-refractivity contribution in [3.8, 4) is 0 Å². The van der Waals surface area contributed by atoms with Crippen LogP contribution in [0.15, 0.2) is 0 Å². The van der Waals surface area contributed by atoms with Crippen molar-refractivity contribution in [2.45, 2.75) is 71.4 Å². The molecular weight excluding hydrogens is 330 g/mol. The minimum atomic E-state index is 0.629. The first-order valence-corrected chi connectivity index (χ1v) is 12.2. The van der Waals surface area contributed by atoms with E-state index in [-0.39, 0.29) is 0 Å². The predicted octanol–water partition coefficient (Wildman–Crippen LogP) is 3.26. The molecule has 27 heavy (non-hydrogen) atoms. The molecule has 1 spiro atoms. The van der Waals surface area contributed by atoms with Crippen molar-refractivity contribution in [3.05, 3.63) is 0 Å². The fraction of sp³-hybridized carbons (Fsp3) is 1.00. The molecule has 7 aliphatic rings. The number of hydrogen-bond donors (Lipinski definition) is 3. The van der Waals surface area contributed by atoms with Crippen molar-refractivity contribution >= 4 is 0 Å². The Morgan fingerprint density at radius 1 is 0.889 bits per heavy atom. The standard InChI is InChI=1S/C24H41N3/c1-14-4-5-23(7-14)9-20(27-12-23)22-18-6-15(2)21(19(18)11-26-22)24-8-17(16(24)3)10-25-13-24/h14-22,25-27H,4-13H2,1-3H3/t14-,15-,16+,17?,18?,19?,20?,21?,22?,23?,24?/m1/s1. The van der Waals surface area contributed by atoms with E-state index in [2.05, 4.69) is 36.7 Å². The van der Waals surface area contributed by atoms with Crippen LogP contribution >= 0.6 is 0 Å². The number of fused-ring (bicyclic) bond motifs is 3. The quantitative estimate of drug-likeness (QED) is 0.697. The summed E-state index contributed by atoms with van der Waals surface area (Å²) in [7, 11) is 0. The molecule has 0 aromatic heterocycles. The second-order valence-electron chi connectivity index (χ2n) is 12.2. The second kappa shape index (κ2) is 5.95. The third-order valence-electron chi connectivity index (χ3n) is 10.9. The normalized spacial score (nSPS) is 62.1. The first kappa shape index (κ1) is 17.7. The molecule has 0 amide bonds. The fourth-order valence-corrected chi connectivity index (χ4v) is 9.73. The Labute approximate surface area is 166 Å². The van der Waals surface area contributed by atoms with Crippen LogP contribution in [-0.2, 0) is 0 Å². The molecule has 11 atom stereocenters. The van der Waals surface area contributed by atoms with Crippen LogP contribution in [-0.4, -0.2) is 38.3 Å². The molecule has 3 N–H and O–H groups in total. The molecule has 4 heterocycles. The molecule has 4 saturated heterocycles. The fourth-order valence-electron chi connectivity index (χ4n) is 9.73. The molecular formula is C24H41N3. The summed E-state index contributed by atoms with van der Waals surface area (Å²) in [6.07, 6.45) is 8.87. The molecule has 7 fully saturated rings. The van der Waals surface area contributed by atoms with Gasteiger partial charge in [-0.3, -0.25) is 0 Å². The number of rotatable bonds is 2. The van der Waals surface area contributed by atoms with Gasteiger partial charge in [-0.05, 0) is 97.4 Å². The van der Waals surface area contributed by atoms with Gasteiger partial charge < -0.3 is 16.0 Å². The highest BCUT2D eigenvalue weighted by atomic mass is 15.1. The van der Waals surface area contributed by atoms with Crippen molar-refractivity contribution in [3.63, 3.8) is 0 Å². The Morgan fingerprint density at radius 2 is 1.78 bits per heavy atom. The first-order chi connectivity index (χ1) is 13.0. The van der Waals surface area contributed by atoms with Gasteiger partial charge in [0.15, 0.2) is 0 Å². The Kier molecular flexibility index (Phi) is 3.91. The van der Waals surface area contributed by atoms with E-state index in [1.165, 1.54) is 64.7 Å². The monoisotopic (exact) mass is 371 g/mol. The molecule has 0 aromatic carbocycles. The van der Waals surface area contributed by atoms with Crippen molar-refractivity contribution in [2.75, 3.05) is 26.2 Å². The third kappa shape index (κ3) is 2.37. The lowest BCUT2D eigenvalue weighted by Gasteiger charge is -2.63. The van der Waals surface area contributed by atoms with Gasteiger partial charge in [-0.1, -0.05) is 27.2 Å². The minimum Gasteiger partial charge on any atom is -0.316 e. The zero-order valence-electron chi connectivity index (χ0n) is 17.8. The van der Waals surface area contributed by atoms with Crippen LogP contribution in [0.4, 0.5) is 0 Å². The molecule has 7 rings (SSSR count). The second-order valence-corrected chi connectivity index (χ2v) is 12.2. The summed E-state index contributed by atoms with van der Waals surface area (Å²) >= 11 is 0. The van der Waals surface area contributed by atoms with Crippen LogP contribution in [0.5, 0.6) is 0 Å². The molecule has 0 radical (unpaired) electrons. The van der Waals surface area contributed by atoms with Gasteiger partial charge in [-0.2, -0.15) is 0 Å². The lowest BCUT2D eigenvalue weighted by molar-refractivity contribution is -0.129. The maximum absolute atomic E-state index is 4.07. The van der Waals surface area contributed by atoms with E-state index in [0.29, 0.717) is 10.8 Å². The van der Waals surface area contributed by atoms with Gasteiger partial charge in [0, 0.05) is 25.2 Å². The Bertz CT molecular complexity index is 602. The van der Waals surface area contributed by atoms with Gasteiger partial charge in [0.05, 0.1) is 0 Å². The molecule has 2 bridgehead atoms. The largest absolute Gasteiger partial charge is 0.316 e. The van der Waals surface area contributed by atoms with E-state index in [1.807, 2.05) is 0 Å². The summed E-state index contributed by atoms with van der Waals surface area (Å²) in [5, 5.41) is 11.9. The van der Waals surface area contributed by atoms with E-state index in [0.717, 1.165) is 53.5 Å². The highest BCUT2D eigenvalue weighted by Crippen LogP contribution is 2.65. The van der Waals surface area contributed by atoms with Gasteiger partial charge in [0.1, 0.15) is 0 Å². The minimum absolute atomic E-state index is 0.629. The summed E-state index contributed by atoms with van der Waals surface area (Å²) < 4.78 is 0. The van der Waals surface area contributed by atoms with Crippen LogP contribution < -0.4 is 16.0 Å². The molecule has 3 saturated carbocycles. The van der Waals surface area contributed by atoms with Crippen LogP contribution in [0.2, 0.25) is 0 Å². The average molecular weight is 372 g/mol. The van der Waals surface area contributed by atoms with Crippen molar-refractivity contribution in [1.82, 2.24) is 16.0 Å². The van der Waals surface area contributed by atoms with Crippen LogP contribution in [0.3, 0.4) is 0 Å². The lowest BCUT2D eigenvalue weighted by Crippen LogP contribution is -2.65. The molecule has 152 valence electrons. The summed E-state index contributed by atoms with van der Waals surface area (Å²) in [4.78, 5) is 0. The Morgan fingerprint density at radius 3 is 2.52 bits per heavy atom. The van der Waals surface area contributed by atoms with E-state index in [9.17, 15) is 0 Å². The van der Waals surface area contributed by atoms with Crippen molar-refractivity contribution in [2.24, 2.45) is 52.3 Å². The number of hydrogen-bond acceptors (Lipinski definition) is 3. The Balaban J connectivity index is 1.19. The maximum Gasteiger partial charge on any atom is 0.0253 e. The maximum atomic E-state index is 4.07. The molecule has 3 aliphatic carbocycles. The van der Waals surface area contributed by atoms with Crippen LogP contribution in [0.25, 0.3) is 0 Å². The Hall–Kier alpha value is -0.120. The van der Waals surface area contributed by atoms with E-state index in [1.54, 1.807) is 0 Å². The predicted molar refractivity (Wildman–Crippen MR) is 110 cm³/mol. The lowest BCUT2D eigenvalue weighted by atomic mass is 9.45. The summed E-state index contributed by atoms with van der Waals surface area (Å²) in [6.45, 7) is 12.8. The van der Waals surface area contributed by atoms with E-state index >= 15 is 0 Å². The number of nitrogens with one attached hydrogen (secondary N) is 3. The highest BCUT2D eigenvalue weighted by Gasteiger charge is 2.64. The summed E-state index contributed by atoms with van der Waals surface area (Å²) in [5.74, 6) is 6.63. The molecule has 3 nitrogen and oxygen atoms in total. The van der Waals surface area contributed by atoms with Gasteiger partial charge in [-0.15, -0.1) is 0 Å². The summed E-state index contributed by atoms with van der Waals surface area (Å²) in [6, 6.07) is 1.49. The third-order valence-corrected chi connectivity index (χ3v) is 10.9. The van der Waals surface area contributed by atoms with E-state index < -0.39 is 0 Å². The summed E-state index contributed by atoms with van der Waals surface area (Å²) in [5.41, 5.74) is 1.28. The molecule has 0 aromatic rings. The SMILES string of the molecule is C[C@@H]1CCC2(CNC(C3NCC4C3C[C@@H](C)C4C34CNCC(C3)[C@@H]4C)C2)C1. The first-order valence-electron chi connectivity index (χ1n) is 12.2. The van der Waals surface area contributed by atoms with Gasteiger partial charge >= 0.3 is 0 Å². The topological polar surface area (TPSA) is 36.1 Å². The zero-order chi connectivity index (χ0) is 18.4. The van der Waals surface area contributed by atoms with Crippen molar-refractivity contribution in [1.29, 1.82) is 0 Å². The van der Waals surface area contributed by atoms with Crippen LogP contribution in [0.1, 0.15) is 59.3 Å². The van der Waals surface area contributed by atoms with Gasteiger partial charge in [0.25, 0.3) is 0 Å². The van der Waals surface area contributed by atoms with Crippen LogP contribution in [0, 0.1) is 52.3 Å². The highest BCUT2D eigenvalue weighted by molar-refractivity contribution is 5.16. The van der Waals surface area contributed by atoms with Crippen molar-refractivity contribution < 1.29 is 0 Å². The van der Waals surface area contributed by atoms with Gasteiger partial charge in [-0.25, -0.2) is 0 Å². The zero-order valence-corrected chi connectivity index (χ0v) is 17.8. The average Bonchev–Trinajstić information content (AvgIpc) is 3.40. The van der Waals surface area contributed by atoms with E-state index in [4.69, 9.17) is 0 Å². The number of piperidine rings is 2. The molecule has 3 heteroatoms. The molecule has 8 unspecified atom stereocenters.